The number of rotatable bonds is 4. The number of carbonyl (C=O) groups is 1. The second-order valence-electron chi connectivity index (χ2n) is 6.49. The molecule has 1 atom stereocenters. The van der Waals surface area contributed by atoms with Gasteiger partial charge in [0.1, 0.15) is 6.33 Å². The van der Waals surface area contributed by atoms with Gasteiger partial charge in [0.25, 0.3) is 0 Å². The lowest BCUT2D eigenvalue weighted by atomic mass is 10.2. The number of H-pyrrole nitrogens is 1. The molecule has 2 aromatic heterocycles. The van der Waals surface area contributed by atoms with Gasteiger partial charge >= 0.3 is 6.03 Å². The van der Waals surface area contributed by atoms with Gasteiger partial charge < -0.3 is 15.2 Å². The minimum Gasteiger partial charge on any atom is -0.328 e. The molecule has 1 saturated carbocycles. The van der Waals surface area contributed by atoms with Crippen LogP contribution >= 0.6 is 0 Å². The highest BCUT2D eigenvalue weighted by molar-refractivity contribution is 5.99. The van der Waals surface area contributed by atoms with Crippen LogP contribution in [-0.2, 0) is 0 Å². The summed E-state index contributed by atoms with van der Waals surface area (Å²) in [4.78, 5) is 12.4. The van der Waals surface area contributed by atoms with Crippen LogP contribution in [0.4, 0.5) is 10.5 Å². The number of nitrogens with one attached hydrogen (secondary N) is 3. The van der Waals surface area contributed by atoms with Crippen molar-refractivity contribution in [1.82, 2.24) is 30.3 Å². The summed E-state index contributed by atoms with van der Waals surface area (Å²) >= 11 is 0. The third-order valence-corrected chi connectivity index (χ3v) is 4.78. The Balaban J connectivity index is 1.46. The van der Waals surface area contributed by atoms with Crippen LogP contribution in [0.2, 0.25) is 0 Å². The minimum atomic E-state index is -0.282. The Bertz CT molecular complexity index is 878. The molecule has 0 spiro atoms. The van der Waals surface area contributed by atoms with E-state index in [9.17, 15) is 4.79 Å². The number of hydrogen-bond acceptors (Lipinski definition) is 4. The first-order valence-electron chi connectivity index (χ1n) is 8.61. The summed E-state index contributed by atoms with van der Waals surface area (Å²) in [5.41, 5.74) is 1.50. The van der Waals surface area contributed by atoms with Gasteiger partial charge in [0.05, 0.1) is 23.4 Å². The second-order valence-corrected chi connectivity index (χ2v) is 6.49. The molecule has 0 bridgehead atoms. The molecule has 0 unspecified atom stereocenters. The van der Waals surface area contributed by atoms with Crippen molar-refractivity contribution in [3.63, 3.8) is 0 Å². The summed E-state index contributed by atoms with van der Waals surface area (Å²) < 4.78 is 2.10. The molecule has 1 aliphatic rings. The molecule has 3 N–H and O–H groups in total. The maximum Gasteiger partial charge on any atom is 0.319 e. The predicted octanol–water partition coefficient (Wildman–Crippen LogP) is 3.15. The highest BCUT2D eigenvalue weighted by Crippen LogP contribution is 2.31. The van der Waals surface area contributed by atoms with E-state index >= 15 is 0 Å². The van der Waals surface area contributed by atoms with Gasteiger partial charge in [-0.15, -0.1) is 10.2 Å². The van der Waals surface area contributed by atoms with Crippen molar-refractivity contribution in [3.05, 3.63) is 36.5 Å². The van der Waals surface area contributed by atoms with Crippen LogP contribution in [0.25, 0.3) is 10.9 Å². The number of hydrogen-bond donors (Lipinski definition) is 3. The van der Waals surface area contributed by atoms with Gasteiger partial charge in [0, 0.05) is 11.4 Å². The van der Waals surface area contributed by atoms with Gasteiger partial charge in [0.15, 0.2) is 5.82 Å². The summed E-state index contributed by atoms with van der Waals surface area (Å²) in [5.74, 6) is 0.793. The summed E-state index contributed by atoms with van der Waals surface area (Å²) in [6.45, 7) is 1.92. The number of nitrogens with zero attached hydrogens (tertiary/aromatic N) is 4. The maximum absolute atomic E-state index is 12.4. The first-order chi connectivity index (χ1) is 12.2. The van der Waals surface area contributed by atoms with Crippen LogP contribution in [0.3, 0.4) is 0 Å². The predicted molar refractivity (Wildman–Crippen MR) is 94.2 cm³/mol. The monoisotopic (exact) mass is 339 g/mol. The quantitative estimate of drug-likeness (QED) is 0.679. The Morgan fingerprint density at radius 1 is 1.36 bits per heavy atom. The number of anilines is 1. The van der Waals surface area contributed by atoms with E-state index in [-0.39, 0.29) is 12.1 Å². The van der Waals surface area contributed by atoms with Crippen LogP contribution in [0, 0.1) is 0 Å². The lowest BCUT2D eigenvalue weighted by Crippen LogP contribution is -2.33. The number of aromatic amines is 1. The summed E-state index contributed by atoms with van der Waals surface area (Å²) in [5, 5.41) is 21.9. The van der Waals surface area contributed by atoms with Crippen molar-refractivity contribution in [2.24, 2.45) is 0 Å². The molecule has 2 heterocycles. The smallest absolute Gasteiger partial charge is 0.319 e. The molecule has 130 valence electrons. The van der Waals surface area contributed by atoms with E-state index in [0.717, 1.165) is 29.6 Å². The van der Waals surface area contributed by atoms with E-state index in [0.29, 0.717) is 11.7 Å². The first kappa shape index (κ1) is 15.6. The number of amides is 2. The normalized spacial score (nSPS) is 16.2. The lowest BCUT2D eigenvalue weighted by Gasteiger charge is -2.19. The number of para-hydroxylation sites is 1. The zero-order valence-electron chi connectivity index (χ0n) is 14.1. The van der Waals surface area contributed by atoms with Crippen molar-refractivity contribution >= 4 is 22.6 Å². The van der Waals surface area contributed by atoms with E-state index < -0.39 is 0 Å². The van der Waals surface area contributed by atoms with Crippen LogP contribution < -0.4 is 10.6 Å². The Kier molecular flexibility index (Phi) is 4.09. The van der Waals surface area contributed by atoms with E-state index in [1.54, 1.807) is 12.5 Å². The molecule has 1 fully saturated rings. The molecule has 0 aliphatic heterocycles. The molecule has 8 nitrogen and oxygen atoms in total. The van der Waals surface area contributed by atoms with Crippen LogP contribution in [0.15, 0.2) is 30.7 Å². The molecule has 0 saturated heterocycles. The molecule has 0 radical (unpaired) electrons. The molecular weight excluding hydrogens is 318 g/mol. The molecule has 4 rings (SSSR count). The highest BCUT2D eigenvalue weighted by Gasteiger charge is 2.23. The van der Waals surface area contributed by atoms with Crippen LogP contribution in [0.1, 0.15) is 50.5 Å². The van der Waals surface area contributed by atoms with E-state index in [1.165, 1.54) is 12.8 Å². The van der Waals surface area contributed by atoms with Crippen molar-refractivity contribution in [2.75, 3.05) is 5.32 Å². The Hall–Kier alpha value is -2.90. The number of fused-ring (bicyclic) bond motifs is 1. The summed E-state index contributed by atoms with van der Waals surface area (Å²) in [6, 6.07) is 5.59. The van der Waals surface area contributed by atoms with Gasteiger partial charge in [-0.1, -0.05) is 25.0 Å². The molecule has 1 aromatic carbocycles. The highest BCUT2D eigenvalue weighted by atomic mass is 16.2. The Morgan fingerprint density at radius 3 is 3.04 bits per heavy atom. The van der Waals surface area contributed by atoms with E-state index in [1.807, 2.05) is 25.1 Å². The zero-order chi connectivity index (χ0) is 17.2. The maximum atomic E-state index is 12.4. The van der Waals surface area contributed by atoms with Crippen molar-refractivity contribution < 1.29 is 4.79 Å². The van der Waals surface area contributed by atoms with Crippen LogP contribution in [-0.4, -0.2) is 31.0 Å². The van der Waals surface area contributed by atoms with Crippen LogP contribution in [0.5, 0.6) is 0 Å². The number of urea groups is 1. The number of benzene rings is 1. The summed E-state index contributed by atoms with van der Waals surface area (Å²) in [6.07, 6.45) is 8.26. The average molecular weight is 339 g/mol. The number of carbonyl (C=O) groups excluding carboxylic acids is 1. The van der Waals surface area contributed by atoms with Gasteiger partial charge in [-0.05, 0) is 25.8 Å². The standard InChI is InChI=1S/C17H21N7O/c1-11(16-23-19-10-24(16)13-6-2-3-7-13)20-17(25)21-14-8-4-5-12-9-18-22-15(12)14/h4-5,8-11,13H,2-3,6-7H2,1H3,(H,18,22)(H2,20,21,25)/t11-/m1/s1. The fraction of sp³-hybridized carbons (Fsp3) is 0.412. The molecule has 3 aromatic rings. The largest absolute Gasteiger partial charge is 0.328 e. The third kappa shape index (κ3) is 3.07. The Labute approximate surface area is 145 Å². The van der Waals surface area contributed by atoms with Gasteiger partial charge in [-0.2, -0.15) is 5.10 Å². The van der Waals surface area contributed by atoms with Crippen molar-refractivity contribution in [2.45, 2.75) is 44.7 Å². The SMILES string of the molecule is C[C@@H](NC(=O)Nc1cccc2cn[nH]c12)c1nncn1C1CCCC1. The zero-order valence-corrected chi connectivity index (χ0v) is 14.1. The molecular formula is C17H21N7O. The fourth-order valence-electron chi connectivity index (χ4n) is 3.52. The van der Waals surface area contributed by atoms with Crippen molar-refractivity contribution in [3.8, 4) is 0 Å². The molecule has 25 heavy (non-hydrogen) atoms. The molecule has 2 amide bonds. The molecule has 8 heteroatoms. The van der Waals surface area contributed by atoms with Crippen molar-refractivity contribution in [1.29, 1.82) is 0 Å². The Morgan fingerprint density at radius 2 is 2.20 bits per heavy atom. The average Bonchev–Trinajstić information content (AvgIpc) is 3.34. The minimum absolute atomic E-state index is 0.232. The van der Waals surface area contributed by atoms with E-state index in [2.05, 4.69) is 35.6 Å². The fourth-order valence-corrected chi connectivity index (χ4v) is 3.52. The summed E-state index contributed by atoms with van der Waals surface area (Å²) in [7, 11) is 0. The van der Waals surface area contributed by atoms with Gasteiger partial charge in [-0.25, -0.2) is 4.79 Å². The topological polar surface area (TPSA) is 101 Å². The third-order valence-electron chi connectivity index (χ3n) is 4.78. The number of aromatic nitrogens is 5. The van der Waals surface area contributed by atoms with Gasteiger partial charge in [0.2, 0.25) is 0 Å². The first-order valence-corrected chi connectivity index (χ1v) is 8.61. The second kappa shape index (κ2) is 6.54. The molecule has 1 aliphatic carbocycles. The van der Waals surface area contributed by atoms with E-state index in [4.69, 9.17) is 0 Å². The van der Waals surface area contributed by atoms with Gasteiger partial charge in [-0.3, -0.25) is 5.10 Å². The lowest BCUT2D eigenvalue weighted by molar-refractivity contribution is 0.248.